The van der Waals surface area contributed by atoms with Crippen molar-refractivity contribution in [2.45, 2.75) is 19.3 Å². The van der Waals surface area contributed by atoms with E-state index in [1.807, 2.05) is 37.3 Å². The Morgan fingerprint density at radius 1 is 1.21 bits per heavy atom. The first-order valence-electron chi connectivity index (χ1n) is 6.17. The van der Waals surface area contributed by atoms with Crippen LogP contribution in [0.15, 0.2) is 48.5 Å². The Labute approximate surface area is 117 Å². The Kier molecular flexibility index (Phi) is 4.33. The second-order valence-corrected chi connectivity index (χ2v) is 4.77. The van der Waals surface area contributed by atoms with Crippen molar-refractivity contribution < 1.29 is 9.18 Å². The fourth-order valence-corrected chi connectivity index (χ4v) is 2.29. The second kappa shape index (κ2) is 5.98. The zero-order valence-electron chi connectivity index (χ0n) is 10.6. The molecule has 0 N–H and O–H groups in total. The van der Waals surface area contributed by atoms with Crippen molar-refractivity contribution >= 4 is 17.4 Å². The van der Waals surface area contributed by atoms with Gasteiger partial charge in [0, 0.05) is 11.5 Å². The van der Waals surface area contributed by atoms with E-state index in [1.165, 1.54) is 18.2 Å². The van der Waals surface area contributed by atoms with E-state index in [0.29, 0.717) is 12.0 Å². The van der Waals surface area contributed by atoms with Crippen molar-refractivity contribution in [1.82, 2.24) is 0 Å². The minimum atomic E-state index is -0.508. The maximum absolute atomic E-state index is 13.1. The summed E-state index contributed by atoms with van der Waals surface area (Å²) in [4.78, 5) is 12.5. The van der Waals surface area contributed by atoms with Gasteiger partial charge in [-0.25, -0.2) is 4.39 Å². The zero-order chi connectivity index (χ0) is 13.8. The van der Waals surface area contributed by atoms with Crippen LogP contribution in [-0.4, -0.2) is 5.78 Å². The number of benzene rings is 2. The fraction of sp³-hybridized carbons (Fsp3) is 0.188. The predicted octanol–water partition coefficient (Wildman–Crippen LogP) is 4.86. The number of carbonyl (C=O) groups is 1. The number of hydrogen-bond acceptors (Lipinski definition) is 1. The molecule has 1 unspecified atom stereocenters. The molecular formula is C16H14ClFO. The largest absolute Gasteiger partial charge is 0.293 e. The molecule has 2 aromatic carbocycles. The van der Waals surface area contributed by atoms with Crippen molar-refractivity contribution in [3.63, 3.8) is 0 Å². The lowest BCUT2D eigenvalue weighted by molar-refractivity contribution is 0.0957. The summed E-state index contributed by atoms with van der Waals surface area (Å²) in [7, 11) is 0. The molecule has 3 heteroatoms. The molecule has 0 fully saturated rings. The topological polar surface area (TPSA) is 17.1 Å². The van der Waals surface area contributed by atoms with Gasteiger partial charge in [0.25, 0.3) is 0 Å². The molecule has 0 spiro atoms. The van der Waals surface area contributed by atoms with E-state index >= 15 is 0 Å². The highest BCUT2D eigenvalue weighted by atomic mass is 35.5. The van der Waals surface area contributed by atoms with Gasteiger partial charge >= 0.3 is 0 Å². The van der Waals surface area contributed by atoms with Gasteiger partial charge in [0.15, 0.2) is 5.78 Å². The molecule has 0 radical (unpaired) electrons. The van der Waals surface area contributed by atoms with Crippen LogP contribution in [0.5, 0.6) is 0 Å². The van der Waals surface area contributed by atoms with E-state index in [1.54, 1.807) is 0 Å². The molecule has 0 aliphatic rings. The molecule has 0 aliphatic carbocycles. The lowest BCUT2D eigenvalue weighted by Gasteiger charge is -2.14. The SMILES string of the molecule is CCC(C(=O)c1ccc(F)c(Cl)c1)c1ccccc1. The van der Waals surface area contributed by atoms with Crippen LogP contribution in [0.1, 0.15) is 35.2 Å². The number of hydrogen-bond donors (Lipinski definition) is 0. The first kappa shape index (κ1) is 13.8. The van der Waals surface area contributed by atoms with Crippen LogP contribution >= 0.6 is 11.6 Å². The van der Waals surface area contributed by atoms with Gasteiger partial charge in [-0.3, -0.25) is 4.79 Å². The molecule has 0 bridgehead atoms. The standard InChI is InChI=1S/C16H14ClFO/c1-2-13(11-6-4-3-5-7-11)16(19)12-8-9-15(18)14(17)10-12/h3-10,13H,2H2,1H3. The monoisotopic (exact) mass is 276 g/mol. The van der Waals surface area contributed by atoms with E-state index in [0.717, 1.165) is 5.56 Å². The number of ketones is 1. The van der Waals surface area contributed by atoms with Gasteiger partial charge in [0.1, 0.15) is 5.82 Å². The molecule has 1 atom stereocenters. The molecule has 2 rings (SSSR count). The number of rotatable bonds is 4. The van der Waals surface area contributed by atoms with Gasteiger partial charge in [0.2, 0.25) is 0 Å². The van der Waals surface area contributed by atoms with E-state index in [9.17, 15) is 9.18 Å². The fourth-order valence-electron chi connectivity index (χ4n) is 2.11. The van der Waals surface area contributed by atoms with Crippen LogP contribution in [-0.2, 0) is 0 Å². The van der Waals surface area contributed by atoms with Gasteiger partial charge in [-0.1, -0.05) is 48.9 Å². The average Bonchev–Trinajstić information content (AvgIpc) is 2.44. The summed E-state index contributed by atoms with van der Waals surface area (Å²) >= 11 is 5.72. The number of carbonyl (C=O) groups excluding carboxylic acids is 1. The third-order valence-electron chi connectivity index (χ3n) is 3.13. The quantitative estimate of drug-likeness (QED) is 0.729. The van der Waals surface area contributed by atoms with Crippen molar-refractivity contribution in [2.24, 2.45) is 0 Å². The van der Waals surface area contributed by atoms with Crippen LogP contribution in [0.4, 0.5) is 4.39 Å². The number of halogens is 2. The summed E-state index contributed by atoms with van der Waals surface area (Å²) in [5.41, 5.74) is 1.41. The second-order valence-electron chi connectivity index (χ2n) is 4.36. The maximum Gasteiger partial charge on any atom is 0.170 e. The van der Waals surface area contributed by atoms with Crippen LogP contribution < -0.4 is 0 Å². The van der Waals surface area contributed by atoms with Crippen LogP contribution in [0.25, 0.3) is 0 Å². The third kappa shape index (κ3) is 3.02. The van der Waals surface area contributed by atoms with Gasteiger partial charge < -0.3 is 0 Å². The van der Waals surface area contributed by atoms with Crippen LogP contribution in [0, 0.1) is 5.82 Å². The van der Waals surface area contributed by atoms with E-state index in [4.69, 9.17) is 11.6 Å². The Morgan fingerprint density at radius 2 is 1.89 bits per heavy atom. The Bertz CT molecular complexity index is 581. The summed E-state index contributed by atoms with van der Waals surface area (Å²) < 4.78 is 13.1. The van der Waals surface area contributed by atoms with Crippen LogP contribution in [0.3, 0.4) is 0 Å². The molecule has 1 nitrogen and oxygen atoms in total. The molecule has 0 heterocycles. The van der Waals surface area contributed by atoms with E-state index in [-0.39, 0.29) is 16.7 Å². The molecule has 0 aromatic heterocycles. The maximum atomic E-state index is 13.1. The molecule has 98 valence electrons. The lowest BCUT2D eigenvalue weighted by Crippen LogP contribution is -2.12. The lowest BCUT2D eigenvalue weighted by atomic mass is 9.89. The third-order valence-corrected chi connectivity index (χ3v) is 3.42. The first-order chi connectivity index (χ1) is 9.13. The van der Waals surface area contributed by atoms with Gasteiger partial charge in [0.05, 0.1) is 5.02 Å². The highest BCUT2D eigenvalue weighted by Crippen LogP contribution is 2.26. The minimum Gasteiger partial charge on any atom is -0.293 e. The highest BCUT2D eigenvalue weighted by Gasteiger charge is 2.20. The van der Waals surface area contributed by atoms with Crippen molar-refractivity contribution in [1.29, 1.82) is 0 Å². The van der Waals surface area contributed by atoms with Crippen molar-refractivity contribution in [3.8, 4) is 0 Å². The van der Waals surface area contributed by atoms with Crippen LogP contribution in [0.2, 0.25) is 5.02 Å². The molecular weight excluding hydrogens is 263 g/mol. The predicted molar refractivity (Wildman–Crippen MR) is 75.2 cm³/mol. The van der Waals surface area contributed by atoms with Gasteiger partial charge in [-0.15, -0.1) is 0 Å². The summed E-state index contributed by atoms with van der Waals surface area (Å²) in [5.74, 6) is -0.760. The first-order valence-corrected chi connectivity index (χ1v) is 6.55. The molecule has 0 saturated heterocycles. The summed E-state index contributed by atoms with van der Waals surface area (Å²) in [6, 6.07) is 13.7. The van der Waals surface area contributed by atoms with E-state index < -0.39 is 5.82 Å². The zero-order valence-corrected chi connectivity index (χ0v) is 11.3. The smallest absolute Gasteiger partial charge is 0.170 e. The molecule has 0 aliphatic heterocycles. The number of Topliss-reactive ketones (excluding diaryl/α,β-unsaturated/α-hetero) is 1. The van der Waals surface area contributed by atoms with E-state index in [2.05, 4.69) is 0 Å². The molecule has 0 saturated carbocycles. The van der Waals surface area contributed by atoms with Gasteiger partial charge in [-0.05, 0) is 30.2 Å². The Balaban J connectivity index is 2.33. The highest BCUT2D eigenvalue weighted by molar-refractivity contribution is 6.31. The Hall–Kier alpha value is -1.67. The minimum absolute atomic E-state index is 0.0197. The normalized spacial score (nSPS) is 12.2. The summed E-state index contributed by atoms with van der Waals surface area (Å²) in [6.45, 7) is 1.96. The average molecular weight is 277 g/mol. The summed E-state index contributed by atoms with van der Waals surface area (Å²) in [6.07, 6.45) is 0.692. The molecule has 2 aromatic rings. The Morgan fingerprint density at radius 3 is 2.47 bits per heavy atom. The molecule has 19 heavy (non-hydrogen) atoms. The van der Waals surface area contributed by atoms with Gasteiger partial charge in [-0.2, -0.15) is 0 Å². The van der Waals surface area contributed by atoms with Crippen molar-refractivity contribution in [3.05, 3.63) is 70.5 Å². The van der Waals surface area contributed by atoms with Crippen molar-refractivity contribution in [2.75, 3.05) is 0 Å². The molecule has 0 amide bonds. The summed E-state index contributed by atoms with van der Waals surface area (Å²) in [5, 5.41) is -0.0197.